The molecule has 1 aromatic heterocycles. The zero-order valence-electron chi connectivity index (χ0n) is 9.72. The Labute approximate surface area is 96.5 Å². The number of carbonyl (C=O) groups excluding carboxylic acids is 1. The Morgan fingerprint density at radius 3 is 2.69 bits per heavy atom. The van der Waals surface area contributed by atoms with Gasteiger partial charge >= 0.3 is 0 Å². The van der Waals surface area contributed by atoms with Crippen molar-refractivity contribution < 1.29 is 4.79 Å². The lowest BCUT2D eigenvalue weighted by Crippen LogP contribution is -2.33. The van der Waals surface area contributed by atoms with Crippen LogP contribution in [0, 0.1) is 0 Å². The van der Waals surface area contributed by atoms with Crippen LogP contribution in [0.25, 0.3) is 0 Å². The molecule has 3 nitrogen and oxygen atoms in total. The first-order valence-corrected chi connectivity index (χ1v) is 6.03. The summed E-state index contributed by atoms with van der Waals surface area (Å²) in [7, 11) is 0. The van der Waals surface area contributed by atoms with Crippen molar-refractivity contribution in [2.75, 3.05) is 11.4 Å². The molecule has 2 rings (SSSR count). The van der Waals surface area contributed by atoms with Gasteiger partial charge in [0.2, 0.25) is 0 Å². The van der Waals surface area contributed by atoms with E-state index in [2.05, 4.69) is 16.8 Å². The first kappa shape index (κ1) is 11.1. The SMILES string of the molecule is CCN(c1ccc(C=O)cn1)C1CCCC1. The summed E-state index contributed by atoms with van der Waals surface area (Å²) >= 11 is 0. The van der Waals surface area contributed by atoms with E-state index >= 15 is 0 Å². The van der Waals surface area contributed by atoms with E-state index in [0.717, 1.165) is 18.6 Å². The van der Waals surface area contributed by atoms with Crippen LogP contribution in [0.15, 0.2) is 18.3 Å². The Hall–Kier alpha value is -1.38. The maximum absolute atomic E-state index is 10.6. The van der Waals surface area contributed by atoms with Crippen molar-refractivity contribution in [2.24, 2.45) is 0 Å². The summed E-state index contributed by atoms with van der Waals surface area (Å²) in [4.78, 5) is 17.3. The van der Waals surface area contributed by atoms with E-state index in [1.165, 1.54) is 25.7 Å². The first-order chi connectivity index (χ1) is 7.85. The average molecular weight is 218 g/mol. The minimum Gasteiger partial charge on any atom is -0.354 e. The molecule has 1 saturated carbocycles. The second-order valence-electron chi connectivity index (χ2n) is 4.29. The third kappa shape index (κ3) is 2.23. The number of carbonyl (C=O) groups is 1. The highest BCUT2D eigenvalue weighted by molar-refractivity contribution is 5.74. The quantitative estimate of drug-likeness (QED) is 0.728. The van der Waals surface area contributed by atoms with Gasteiger partial charge in [0.15, 0.2) is 6.29 Å². The Balaban J connectivity index is 2.15. The van der Waals surface area contributed by atoms with Crippen LogP contribution in [0.3, 0.4) is 0 Å². The van der Waals surface area contributed by atoms with E-state index in [4.69, 9.17) is 0 Å². The highest BCUT2D eigenvalue weighted by Crippen LogP contribution is 2.26. The number of hydrogen-bond donors (Lipinski definition) is 0. The molecule has 0 bridgehead atoms. The van der Waals surface area contributed by atoms with E-state index in [-0.39, 0.29) is 0 Å². The third-order valence-electron chi connectivity index (χ3n) is 3.31. The second-order valence-corrected chi connectivity index (χ2v) is 4.29. The monoisotopic (exact) mass is 218 g/mol. The number of nitrogens with zero attached hydrogens (tertiary/aromatic N) is 2. The molecule has 0 N–H and O–H groups in total. The van der Waals surface area contributed by atoms with Crippen LogP contribution in [-0.2, 0) is 0 Å². The van der Waals surface area contributed by atoms with Crippen molar-refractivity contribution >= 4 is 12.1 Å². The molecule has 0 spiro atoms. The summed E-state index contributed by atoms with van der Waals surface area (Å²) in [5.74, 6) is 1.00. The standard InChI is InChI=1S/C13H18N2O/c1-2-15(12-5-3-4-6-12)13-8-7-11(10-16)9-14-13/h7-10,12H,2-6H2,1H3. The summed E-state index contributed by atoms with van der Waals surface area (Å²) in [6.45, 7) is 3.14. The maximum Gasteiger partial charge on any atom is 0.151 e. The predicted octanol–water partition coefficient (Wildman–Crippen LogP) is 2.66. The molecule has 3 heteroatoms. The molecule has 0 aromatic carbocycles. The second kappa shape index (κ2) is 5.10. The van der Waals surface area contributed by atoms with Gasteiger partial charge in [0.25, 0.3) is 0 Å². The summed E-state index contributed by atoms with van der Waals surface area (Å²) < 4.78 is 0. The molecule has 0 saturated heterocycles. The van der Waals surface area contributed by atoms with Gasteiger partial charge in [-0.1, -0.05) is 12.8 Å². The summed E-state index contributed by atoms with van der Waals surface area (Å²) in [6.07, 6.45) is 7.68. The highest BCUT2D eigenvalue weighted by atomic mass is 16.1. The van der Waals surface area contributed by atoms with E-state index < -0.39 is 0 Å². The van der Waals surface area contributed by atoms with Gasteiger partial charge in [-0.25, -0.2) is 4.98 Å². The van der Waals surface area contributed by atoms with Crippen molar-refractivity contribution in [1.82, 2.24) is 4.98 Å². The highest BCUT2D eigenvalue weighted by Gasteiger charge is 2.22. The number of aromatic nitrogens is 1. The van der Waals surface area contributed by atoms with E-state index in [1.54, 1.807) is 6.20 Å². The largest absolute Gasteiger partial charge is 0.354 e. The fraction of sp³-hybridized carbons (Fsp3) is 0.538. The van der Waals surface area contributed by atoms with Crippen LogP contribution < -0.4 is 4.90 Å². The van der Waals surface area contributed by atoms with Crippen LogP contribution >= 0.6 is 0 Å². The first-order valence-electron chi connectivity index (χ1n) is 6.03. The van der Waals surface area contributed by atoms with Gasteiger partial charge in [-0.2, -0.15) is 0 Å². The van der Waals surface area contributed by atoms with Crippen LogP contribution in [0.4, 0.5) is 5.82 Å². The van der Waals surface area contributed by atoms with Crippen LogP contribution in [0.5, 0.6) is 0 Å². The van der Waals surface area contributed by atoms with E-state index in [1.807, 2.05) is 12.1 Å². The molecule has 1 aliphatic carbocycles. The van der Waals surface area contributed by atoms with E-state index in [0.29, 0.717) is 11.6 Å². The van der Waals surface area contributed by atoms with Crippen molar-refractivity contribution in [1.29, 1.82) is 0 Å². The predicted molar refractivity (Wildman–Crippen MR) is 64.9 cm³/mol. The smallest absolute Gasteiger partial charge is 0.151 e. The average Bonchev–Trinajstić information content (AvgIpc) is 2.85. The molecule has 0 atom stereocenters. The van der Waals surface area contributed by atoms with Crippen molar-refractivity contribution in [3.05, 3.63) is 23.9 Å². The zero-order chi connectivity index (χ0) is 11.4. The lowest BCUT2D eigenvalue weighted by atomic mass is 10.2. The van der Waals surface area contributed by atoms with Gasteiger partial charge in [-0.3, -0.25) is 4.79 Å². The van der Waals surface area contributed by atoms with Crippen molar-refractivity contribution in [2.45, 2.75) is 38.6 Å². The Kier molecular flexibility index (Phi) is 3.54. The Bertz CT molecular complexity index is 341. The minimum atomic E-state index is 0.639. The van der Waals surface area contributed by atoms with Gasteiger partial charge in [0, 0.05) is 24.3 Å². The Morgan fingerprint density at radius 1 is 1.44 bits per heavy atom. The molecule has 1 aromatic rings. The Morgan fingerprint density at radius 2 is 2.19 bits per heavy atom. The van der Waals surface area contributed by atoms with Crippen LogP contribution in [0.1, 0.15) is 43.0 Å². The molecule has 0 aliphatic heterocycles. The molecule has 1 aliphatic rings. The lowest BCUT2D eigenvalue weighted by Gasteiger charge is -2.28. The number of pyridine rings is 1. The summed E-state index contributed by atoms with van der Waals surface area (Å²) in [6, 6.07) is 4.43. The number of hydrogen-bond acceptors (Lipinski definition) is 3. The van der Waals surface area contributed by atoms with Crippen LogP contribution in [-0.4, -0.2) is 23.9 Å². The topological polar surface area (TPSA) is 33.2 Å². The van der Waals surface area contributed by atoms with Crippen molar-refractivity contribution in [3.63, 3.8) is 0 Å². The van der Waals surface area contributed by atoms with Gasteiger partial charge in [0.05, 0.1) is 0 Å². The molecule has 1 heterocycles. The number of aldehydes is 1. The molecule has 16 heavy (non-hydrogen) atoms. The minimum absolute atomic E-state index is 0.639. The molecular weight excluding hydrogens is 200 g/mol. The fourth-order valence-corrected chi connectivity index (χ4v) is 2.46. The van der Waals surface area contributed by atoms with E-state index in [9.17, 15) is 4.79 Å². The normalized spacial score (nSPS) is 16.3. The number of rotatable bonds is 4. The maximum atomic E-state index is 10.6. The van der Waals surface area contributed by atoms with Crippen LogP contribution in [0.2, 0.25) is 0 Å². The lowest BCUT2D eigenvalue weighted by molar-refractivity contribution is 0.112. The van der Waals surface area contributed by atoms with Gasteiger partial charge < -0.3 is 4.90 Å². The molecule has 0 amide bonds. The van der Waals surface area contributed by atoms with Gasteiger partial charge in [0.1, 0.15) is 5.82 Å². The molecule has 0 unspecified atom stereocenters. The summed E-state index contributed by atoms with van der Waals surface area (Å²) in [5.41, 5.74) is 0.645. The molecular formula is C13H18N2O. The molecule has 1 fully saturated rings. The fourth-order valence-electron chi connectivity index (χ4n) is 2.46. The van der Waals surface area contributed by atoms with Gasteiger partial charge in [-0.05, 0) is 31.9 Å². The third-order valence-corrected chi connectivity index (χ3v) is 3.31. The zero-order valence-corrected chi connectivity index (χ0v) is 9.72. The molecule has 0 radical (unpaired) electrons. The number of anilines is 1. The van der Waals surface area contributed by atoms with Crippen molar-refractivity contribution in [3.8, 4) is 0 Å². The summed E-state index contributed by atoms with van der Waals surface area (Å²) in [5, 5.41) is 0. The molecule has 86 valence electrons. The van der Waals surface area contributed by atoms with Gasteiger partial charge in [-0.15, -0.1) is 0 Å².